The normalized spacial score (nSPS) is 17.7. The number of halogens is 7. The van der Waals surface area contributed by atoms with Crippen molar-refractivity contribution in [2.45, 2.75) is 62.3 Å². The number of sulfonamides is 1. The lowest BCUT2D eigenvalue weighted by Crippen LogP contribution is -2.38. The van der Waals surface area contributed by atoms with Crippen LogP contribution >= 0.6 is 11.6 Å². The molecular weight excluding hydrogens is 890 g/mol. The molecule has 3 atom stereocenters. The average molecular weight is 925 g/mol. The first-order chi connectivity index (χ1) is 28.8. The molecule has 8 rings (SSSR count). The van der Waals surface area contributed by atoms with Gasteiger partial charge >= 0.3 is 0 Å². The number of nitrogens with one attached hydrogen (secondary N) is 2. The molecule has 23 heteroatoms. The monoisotopic (exact) mass is 924 g/mol. The SMILES string of the molecule is Cn1nc(NS(C)(=O)=O)c2c(Cl)ccc(-n3c([C@H](Cc4cc(F)cc(F)c4)NC(=O)Cn4nc(C(F)F)c5c4C(F)(F)[C@@H]4C[C@H]54)nc4cc(C(C)(C)S(C)(=O)=O)ccc4c3=O)c21. The van der Waals surface area contributed by atoms with E-state index in [0.29, 0.717) is 10.7 Å². The topological polar surface area (TPSA) is 180 Å². The van der Waals surface area contributed by atoms with Gasteiger partial charge in [0.1, 0.15) is 35.4 Å². The Morgan fingerprint density at radius 2 is 1.69 bits per heavy atom. The van der Waals surface area contributed by atoms with E-state index in [4.69, 9.17) is 16.6 Å². The van der Waals surface area contributed by atoms with E-state index in [2.05, 4.69) is 20.2 Å². The highest BCUT2D eigenvalue weighted by Gasteiger charge is 2.67. The number of aryl methyl sites for hydroxylation is 1. The van der Waals surface area contributed by atoms with Gasteiger partial charge in [-0.25, -0.2) is 39.4 Å². The number of amides is 1. The van der Waals surface area contributed by atoms with Gasteiger partial charge in [-0.15, -0.1) is 0 Å². The summed E-state index contributed by atoms with van der Waals surface area (Å²) in [5, 5.41) is 10.5. The fourth-order valence-corrected chi connectivity index (χ4v) is 9.46. The summed E-state index contributed by atoms with van der Waals surface area (Å²) < 4.78 is 143. The number of fused-ring (bicyclic) bond motifs is 5. The van der Waals surface area contributed by atoms with Crippen LogP contribution in [-0.2, 0) is 55.3 Å². The van der Waals surface area contributed by atoms with Crippen LogP contribution in [0.3, 0.4) is 0 Å². The van der Waals surface area contributed by atoms with Crippen LogP contribution in [0, 0.1) is 17.6 Å². The maximum atomic E-state index is 15.5. The summed E-state index contributed by atoms with van der Waals surface area (Å²) in [6.45, 7) is 1.83. The van der Waals surface area contributed by atoms with Crippen molar-refractivity contribution in [3.8, 4) is 5.69 Å². The molecule has 1 saturated carbocycles. The van der Waals surface area contributed by atoms with E-state index in [0.717, 1.165) is 29.2 Å². The Bertz CT molecular complexity index is 3170. The molecule has 3 heterocycles. The Labute approximate surface area is 353 Å². The van der Waals surface area contributed by atoms with Crippen LogP contribution in [0.25, 0.3) is 27.5 Å². The molecule has 0 saturated heterocycles. The molecule has 0 spiro atoms. The Morgan fingerprint density at radius 1 is 1.02 bits per heavy atom. The van der Waals surface area contributed by atoms with E-state index in [1.165, 1.54) is 55.9 Å². The Morgan fingerprint density at radius 3 is 2.32 bits per heavy atom. The summed E-state index contributed by atoms with van der Waals surface area (Å²) in [6.07, 6.45) is -1.90. The smallest absolute Gasteiger partial charge is 0.293 e. The highest BCUT2D eigenvalue weighted by atomic mass is 35.5. The highest BCUT2D eigenvalue weighted by molar-refractivity contribution is 7.92. The molecule has 328 valence electrons. The first-order valence-electron chi connectivity index (χ1n) is 18.7. The quantitative estimate of drug-likeness (QED) is 0.133. The molecule has 2 N–H and O–H groups in total. The van der Waals surface area contributed by atoms with Crippen LogP contribution in [0.4, 0.5) is 32.2 Å². The van der Waals surface area contributed by atoms with Crippen LogP contribution in [0.2, 0.25) is 5.02 Å². The maximum Gasteiger partial charge on any atom is 0.293 e. The average Bonchev–Trinajstić information content (AvgIpc) is 3.69. The number of rotatable bonds is 12. The minimum Gasteiger partial charge on any atom is -0.344 e. The van der Waals surface area contributed by atoms with Gasteiger partial charge < -0.3 is 5.32 Å². The Kier molecular flexibility index (Phi) is 10.1. The third-order valence-electron chi connectivity index (χ3n) is 11.4. The van der Waals surface area contributed by atoms with Crippen LogP contribution < -0.4 is 15.6 Å². The number of carbonyl (C=O) groups excluding carboxylic acids is 1. The predicted octanol–water partition coefficient (Wildman–Crippen LogP) is 6.30. The number of alkyl halides is 4. The second kappa shape index (κ2) is 14.5. The maximum absolute atomic E-state index is 15.5. The van der Waals surface area contributed by atoms with Crippen molar-refractivity contribution in [3.05, 3.63) is 109 Å². The largest absolute Gasteiger partial charge is 0.344 e. The molecule has 3 aromatic heterocycles. The van der Waals surface area contributed by atoms with E-state index in [1.807, 2.05) is 0 Å². The molecule has 3 aromatic carbocycles. The number of anilines is 1. The van der Waals surface area contributed by atoms with E-state index >= 15 is 8.78 Å². The van der Waals surface area contributed by atoms with Crippen molar-refractivity contribution >= 4 is 65.0 Å². The zero-order valence-electron chi connectivity index (χ0n) is 33.1. The van der Waals surface area contributed by atoms with Crippen LogP contribution in [0.15, 0.2) is 53.3 Å². The first-order valence-corrected chi connectivity index (χ1v) is 22.9. The molecule has 62 heavy (non-hydrogen) atoms. The summed E-state index contributed by atoms with van der Waals surface area (Å²) in [6, 6.07) is 7.63. The molecule has 2 aliphatic carbocycles. The third-order valence-corrected chi connectivity index (χ3v) is 14.4. The van der Waals surface area contributed by atoms with Gasteiger partial charge in [-0.2, -0.15) is 19.0 Å². The lowest BCUT2D eigenvalue weighted by atomic mass is 10.00. The number of nitrogens with zero attached hydrogens (tertiary/aromatic N) is 6. The van der Waals surface area contributed by atoms with E-state index < -0.39 is 102 Å². The predicted molar refractivity (Wildman–Crippen MR) is 216 cm³/mol. The van der Waals surface area contributed by atoms with Crippen molar-refractivity contribution in [2.75, 3.05) is 17.2 Å². The van der Waals surface area contributed by atoms with Crippen molar-refractivity contribution in [1.82, 2.24) is 34.4 Å². The first kappa shape index (κ1) is 43.2. The number of hydrogen-bond acceptors (Lipinski definition) is 9. The van der Waals surface area contributed by atoms with E-state index in [-0.39, 0.29) is 67.3 Å². The summed E-state index contributed by atoms with van der Waals surface area (Å²) in [4.78, 5) is 33.8. The molecule has 14 nitrogen and oxygen atoms in total. The number of carbonyl (C=O) groups is 1. The number of sulfone groups is 1. The Hall–Kier alpha value is -5.48. The summed E-state index contributed by atoms with van der Waals surface area (Å²) >= 11 is 6.60. The highest BCUT2D eigenvalue weighted by Crippen LogP contribution is 2.68. The lowest BCUT2D eigenvalue weighted by molar-refractivity contribution is -0.123. The van der Waals surface area contributed by atoms with Crippen molar-refractivity contribution in [1.29, 1.82) is 0 Å². The summed E-state index contributed by atoms with van der Waals surface area (Å²) in [7, 11) is -6.31. The van der Waals surface area contributed by atoms with Gasteiger partial charge in [0.05, 0.1) is 49.6 Å². The third kappa shape index (κ3) is 7.27. The van der Waals surface area contributed by atoms with E-state index in [1.54, 1.807) is 0 Å². The van der Waals surface area contributed by atoms with Gasteiger partial charge in [0.2, 0.25) is 15.9 Å². The zero-order chi connectivity index (χ0) is 45.2. The van der Waals surface area contributed by atoms with E-state index in [9.17, 15) is 44.0 Å². The zero-order valence-corrected chi connectivity index (χ0v) is 35.5. The van der Waals surface area contributed by atoms with Gasteiger partial charge in [-0.1, -0.05) is 17.7 Å². The fraction of sp³-hybridized carbons (Fsp3) is 0.359. The van der Waals surface area contributed by atoms with Crippen LogP contribution in [0.1, 0.15) is 72.6 Å². The van der Waals surface area contributed by atoms with Crippen LogP contribution in [-0.4, -0.2) is 64.4 Å². The standard InChI is InChI=1S/C39H35ClF6N8O6S2/c1-38(2,61(4,57)58)18-6-7-21-25(13-18)48-36(54(37(21)56)27-9-8-24(40)30-32(27)52(3)50-35(30)51-62(5,59)60)26(12-17-10-19(41)14-20(42)11-17)47-28(55)16-53-33-29(31(49-53)34(43)44)22-15-23(22)39(33,45)46/h6-11,13-14,22-23,26,34H,12,15-16H2,1-5H3,(H,47,55)(H,50,51)/t22-,23+,26-/m0/s1. The molecular formula is C39H35ClF6N8O6S2. The number of hydrogen-bond donors (Lipinski definition) is 2. The second-order valence-electron chi connectivity index (χ2n) is 16.0. The van der Waals surface area contributed by atoms with Gasteiger partial charge in [0.25, 0.3) is 17.9 Å². The molecule has 0 bridgehead atoms. The molecule has 6 aromatic rings. The van der Waals surface area contributed by atoms with Gasteiger partial charge in [-0.05, 0) is 73.7 Å². The van der Waals surface area contributed by atoms with Crippen molar-refractivity contribution in [2.24, 2.45) is 13.0 Å². The molecule has 2 aliphatic rings. The molecule has 0 radical (unpaired) electrons. The molecule has 1 amide bonds. The van der Waals surface area contributed by atoms with Gasteiger partial charge in [0.15, 0.2) is 15.7 Å². The van der Waals surface area contributed by atoms with Crippen LogP contribution in [0.5, 0.6) is 0 Å². The van der Waals surface area contributed by atoms with Gasteiger partial charge in [0, 0.05) is 37.3 Å². The van der Waals surface area contributed by atoms with Gasteiger partial charge in [-0.3, -0.25) is 28.2 Å². The van der Waals surface area contributed by atoms with Crippen molar-refractivity contribution in [3.63, 3.8) is 0 Å². The summed E-state index contributed by atoms with van der Waals surface area (Å²) in [5.74, 6) is -9.40. The lowest BCUT2D eigenvalue weighted by Gasteiger charge is -2.25. The molecule has 0 unspecified atom stereocenters. The fourth-order valence-electron chi connectivity index (χ4n) is 8.17. The molecule has 1 fully saturated rings. The van der Waals surface area contributed by atoms with Crippen molar-refractivity contribution < 1.29 is 48.0 Å². The Balaban J connectivity index is 1.37. The minimum absolute atomic E-state index is 0.0107. The second-order valence-corrected chi connectivity index (χ2v) is 20.8. The minimum atomic E-state index is -3.94. The number of aromatic nitrogens is 6. The number of benzene rings is 3. The summed E-state index contributed by atoms with van der Waals surface area (Å²) in [5.41, 5.74) is -2.85. The molecule has 0 aliphatic heterocycles.